The van der Waals surface area contributed by atoms with Crippen molar-refractivity contribution in [3.63, 3.8) is 0 Å². The van der Waals surface area contributed by atoms with Crippen LogP contribution in [0.25, 0.3) is 0 Å². The number of esters is 1. The maximum Gasteiger partial charge on any atom is 0.349 e. The minimum atomic E-state index is -3.64. The van der Waals surface area contributed by atoms with Gasteiger partial charge in [0.05, 0.1) is 7.11 Å². The fourth-order valence-electron chi connectivity index (χ4n) is 1.64. The highest BCUT2D eigenvalue weighted by Gasteiger charge is 2.30. The van der Waals surface area contributed by atoms with E-state index >= 15 is 0 Å². The molecule has 0 aliphatic rings. The van der Waals surface area contributed by atoms with Gasteiger partial charge in [-0.1, -0.05) is 13.3 Å². The Balaban J connectivity index is 3.21. The molecule has 0 fully saturated rings. The van der Waals surface area contributed by atoms with Gasteiger partial charge in [0.2, 0.25) is 10.0 Å². The first-order valence-electron chi connectivity index (χ1n) is 5.99. The van der Waals surface area contributed by atoms with E-state index in [4.69, 9.17) is 0 Å². The van der Waals surface area contributed by atoms with Crippen molar-refractivity contribution in [3.8, 4) is 0 Å². The first kappa shape index (κ1) is 16.1. The molecule has 1 aromatic rings. The second kappa shape index (κ2) is 6.49. The third-order valence-electron chi connectivity index (χ3n) is 2.78. The number of thiophene rings is 1. The van der Waals surface area contributed by atoms with E-state index in [2.05, 4.69) is 4.74 Å². The van der Waals surface area contributed by atoms with Crippen LogP contribution >= 0.6 is 11.3 Å². The average Bonchev–Trinajstić information content (AvgIpc) is 2.77. The van der Waals surface area contributed by atoms with Crippen LogP contribution in [0.4, 0.5) is 0 Å². The zero-order valence-corrected chi connectivity index (χ0v) is 13.2. The Bertz CT molecular complexity index is 548. The molecule has 0 aromatic carbocycles. The fourth-order valence-corrected chi connectivity index (χ4v) is 4.50. The van der Waals surface area contributed by atoms with E-state index in [-0.39, 0.29) is 9.77 Å². The van der Waals surface area contributed by atoms with Crippen LogP contribution in [0.5, 0.6) is 0 Å². The summed E-state index contributed by atoms with van der Waals surface area (Å²) in [5, 5.41) is 1.66. The number of ether oxygens (including phenoxy) is 1. The average molecular weight is 305 g/mol. The second-order valence-corrected chi connectivity index (χ2v) is 7.11. The van der Waals surface area contributed by atoms with Crippen LogP contribution in [0, 0.1) is 6.92 Å². The van der Waals surface area contributed by atoms with Crippen molar-refractivity contribution in [3.05, 3.63) is 15.8 Å². The van der Waals surface area contributed by atoms with Crippen molar-refractivity contribution in [2.24, 2.45) is 0 Å². The Labute approximate surface area is 118 Å². The number of carbonyl (C=O) groups excluding carboxylic acids is 1. The molecule has 0 amide bonds. The zero-order valence-electron chi connectivity index (χ0n) is 11.6. The number of nitrogens with zero attached hydrogens (tertiary/aromatic N) is 1. The number of hydrogen-bond acceptors (Lipinski definition) is 5. The van der Waals surface area contributed by atoms with E-state index < -0.39 is 16.0 Å². The van der Waals surface area contributed by atoms with Crippen LogP contribution in [0.3, 0.4) is 0 Å². The summed E-state index contributed by atoms with van der Waals surface area (Å²) in [5.41, 5.74) is 0.578. The van der Waals surface area contributed by atoms with Crippen molar-refractivity contribution < 1.29 is 17.9 Å². The number of aryl methyl sites for hydroxylation is 1. The molecule has 7 heteroatoms. The van der Waals surface area contributed by atoms with Gasteiger partial charge in [-0.15, -0.1) is 11.3 Å². The highest BCUT2D eigenvalue weighted by atomic mass is 32.2. The van der Waals surface area contributed by atoms with Crippen LogP contribution in [0.1, 0.15) is 35.0 Å². The molecule has 1 heterocycles. The normalized spacial score (nSPS) is 11.8. The molecule has 19 heavy (non-hydrogen) atoms. The van der Waals surface area contributed by atoms with Crippen LogP contribution in [0.15, 0.2) is 10.3 Å². The topological polar surface area (TPSA) is 63.7 Å². The summed E-state index contributed by atoms with van der Waals surface area (Å²) in [4.78, 5) is 11.9. The molecule has 0 atom stereocenters. The molecule has 5 nitrogen and oxygen atoms in total. The third kappa shape index (κ3) is 3.34. The Morgan fingerprint density at radius 3 is 2.63 bits per heavy atom. The number of methoxy groups -OCH3 is 1. The van der Waals surface area contributed by atoms with E-state index in [1.165, 1.54) is 18.5 Å². The standard InChI is InChI=1S/C12H19NO4S2/c1-5-6-7-13(3)19(15,16)11-9(2)8-18-10(11)12(14)17-4/h8H,5-7H2,1-4H3. The van der Waals surface area contributed by atoms with Gasteiger partial charge in [0.15, 0.2) is 0 Å². The fraction of sp³-hybridized carbons (Fsp3) is 0.583. The first-order chi connectivity index (χ1) is 8.86. The quantitative estimate of drug-likeness (QED) is 0.756. The Kier molecular flexibility index (Phi) is 5.51. The van der Waals surface area contributed by atoms with Gasteiger partial charge in [0.25, 0.3) is 0 Å². The Morgan fingerprint density at radius 1 is 1.47 bits per heavy atom. The minimum absolute atomic E-state index is 0.0722. The molecule has 0 unspecified atom stereocenters. The highest BCUT2D eigenvalue weighted by Crippen LogP contribution is 2.29. The van der Waals surface area contributed by atoms with Crippen LogP contribution in [-0.2, 0) is 14.8 Å². The minimum Gasteiger partial charge on any atom is -0.465 e. The second-order valence-electron chi connectivity index (χ2n) is 4.25. The van der Waals surface area contributed by atoms with Crippen LogP contribution in [-0.4, -0.2) is 39.4 Å². The van der Waals surface area contributed by atoms with Crippen molar-refractivity contribution in [2.45, 2.75) is 31.6 Å². The molecule has 0 N–H and O–H groups in total. The summed E-state index contributed by atoms with van der Waals surface area (Å²) in [6.45, 7) is 4.12. The van der Waals surface area contributed by atoms with E-state index in [0.717, 1.165) is 24.2 Å². The van der Waals surface area contributed by atoms with Gasteiger partial charge in [-0.3, -0.25) is 0 Å². The van der Waals surface area contributed by atoms with Gasteiger partial charge in [0.1, 0.15) is 9.77 Å². The summed E-state index contributed by atoms with van der Waals surface area (Å²) in [6, 6.07) is 0. The molecule has 0 aliphatic heterocycles. The molecule has 1 aromatic heterocycles. The SMILES string of the molecule is CCCCN(C)S(=O)(=O)c1c(C)csc1C(=O)OC. The Hall–Kier alpha value is -0.920. The van der Waals surface area contributed by atoms with Crippen molar-refractivity contribution in [1.82, 2.24) is 4.31 Å². The highest BCUT2D eigenvalue weighted by molar-refractivity contribution is 7.89. The smallest absolute Gasteiger partial charge is 0.349 e. The first-order valence-corrected chi connectivity index (χ1v) is 8.31. The van der Waals surface area contributed by atoms with Gasteiger partial charge in [-0.05, 0) is 24.3 Å². The Morgan fingerprint density at radius 2 is 2.11 bits per heavy atom. The van der Waals surface area contributed by atoms with Gasteiger partial charge >= 0.3 is 5.97 Å². The monoisotopic (exact) mass is 305 g/mol. The molecule has 108 valence electrons. The van der Waals surface area contributed by atoms with Crippen molar-refractivity contribution >= 4 is 27.3 Å². The maximum atomic E-state index is 12.5. The lowest BCUT2D eigenvalue weighted by molar-refractivity contribution is 0.0602. The predicted octanol–water partition coefficient (Wildman–Crippen LogP) is 2.26. The summed E-state index contributed by atoms with van der Waals surface area (Å²) in [7, 11) is -0.866. The number of unbranched alkanes of at least 4 members (excludes halogenated alkanes) is 1. The van der Waals surface area contributed by atoms with Gasteiger partial charge < -0.3 is 4.74 Å². The lowest BCUT2D eigenvalue weighted by atomic mass is 10.3. The largest absolute Gasteiger partial charge is 0.465 e. The maximum absolute atomic E-state index is 12.5. The number of hydrogen-bond donors (Lipinski definition) is 0. The van der Waals surface area contributed by atoms with E-state index in [1.54, 1.807) is 12.3 Å². The molecule has 0 spiro atoms. The number of carbonyl (C=O) groups is 1. The number of rotatable bonds is 6. The van der Waals surface area contributed by atoms with E-state index in [9.17, 15) is 13.2 Å². The molecular weight excluding hydrogens is 286 g/mol. The van der Waals surface area contributed by atoms with Gasteiger partial charge in [0, 0.05) is 13.6 Å². The van der Waals surface area contributed by atoms with Crippen molar-refractivity contribution in [2.75, 3.05) is 20.7 Å². The van der Waals surface area contributed by atoms with Gasteiger partial charge in [-0.2, -0.15) is 0 Å². The summed E-state index contributed by atoms with van der Waals surface area (Å²) < 4.78 is 30.9. The lowest BCUT2D eigenvalue weighted by Crippen LogP contribution is -2.29. The summed E-state index contributed by atoms with van der Waals surface area (Å²) in [6.07, 6.45) is 1.69. The number of sulfonamides is 1. The third-order valence-corrected chi connectivity index (χ3v) is 6.04. The molecule has 0 saturated carbocycles. The van der Waals surface area contributed by atoms with Crippen LogP contribution < -0.4 is 0 Å². The summed E-state index contributed by atoms with van der Waals surface area (Å²) in [5.74, 6) is -0.611. The van der Waals surface area contributed by atoms with E-state index in [1.807, 2.05) is 6.92 Å². The zero-order chi connectivity index (χ0) is 14.6. The predicted molar refractivity (Wildman–Crippen MR) is 75.1 cm³/mol. The molecular formula is C12H19NO4S2. The lowest BCUT2D eigenvalue weighted by Gasteiger charge is -2.17. The van der Waals surface area contributed by atoms with Gasteiger partial charge in [-0.25, -0.2) is 17.5 Å². The molecule has 0 radical (unpaired) electrons. The van der Waals surface area contributed by atoms with Crippen molar-refractivity contribution in [1.29, 1.82) is 0 Å². The summed E-state index contributed by atoms with van der Waals surface area (Å²) >= 11 is 1.10. The molecule has 1 rings (SSSR count). The van der Waals surface area contributed by atoms with E-state index in [0.29, 0.717) is 12.1 Å². The molecule has 0 saturated heterocycles. The van der Waals surface area contributed by atoms with Crippen LogP contribution in [0.2, 0.25) is 0 Å². The molecule has 0 bridgehead atoms. The molecule has 0 aliphatic carbocycles.